The second-order valence-electron chi connectivity index (χ2n) is 4.47. The minimum absolute atomic E-state index is 0.174. The van der Waals surface area contributed by atoms with Gasteiger partial charge in [-0.3, -0.25) is 4.98 Å². The van der Waals surface area contributed by atoms with Gasteiger partial charge in [-0.25, -0.2) is 0 Å². The molecule has 0 aliphatic carbocycles. The fraction of sp³-hybridized carbons (Fsp3) is 0.400. The van der Waals surface area contributed by atoms with E-state index in [9.17, 15) is 5.11 Å². The summed E-state index contributed by atoms with van der Waals surface area (Å²) in [5, 5.41) is 11.0. The van der Waals surface area contributed by atoms with E-state index >= 15 is 0 Å². The molecule has 0 fully saturated rings. The van der Waals surface area contributed by atoms with Crippen LogP contribution in [0.2, 0.25) is 0 Å². The highest BCUT2D eigenvalue weighted by molar-refractivity contribution is 5.81. The second kappa shape index (κ2) is 5.78. The number of aromatic nitrogens is 1. The monoisotopic (exact) mass is 229 g/mol. The Labute approximate surface area is 102 Å². The van der Waals surface area contributed by atoms with Gasteiger partial charge in [-0.1, -0.05) is 31.5 Å². The molecule has 1 N–H and O–H groups in total. The van der Waals surface area contributed by atoms with Crippen LogP contribution in [0.1, 0.15) is 31.7 Å². The maximum atomic E-state index is 9.77. The Balaban J connectivity index is 2.13. The van der Waals surface area contributed by atoms with Crippen LogP contribution in [-0.4, -0.2) is 16.2 Å². The van der Waals surface area contributed by atoms with Gasteiger partial charge >= 0.3 is 0 Å². The summed E-state index contributed by atoms with van der Waals surface area (Å²) in [7, 11) is 0. The molecule has 0 saturated heterocycles. The van der Waals surface area contributed by atoms with Crippen LogP contribution in [0.25, 0.3) is 10.9 Å². The molecule has 2 heteroatoms. The van der Waals surface area contributed by atoms with E-state index in [0.717, 1.165) is 31.2 Å². The summed E-state index contributed by atoms with van der Waals surface area (Å²) in [6.07, 6.45) is 5.33. The molecule has 1 aromatic carbocycles. The first kappa shape index (κ1) is 12.1. The standard InChI is InChI=1S/C15H19NO/c1-2-5-13(17)10-9-12-6-3-8-15-14(12)7-4-11-16-15/h3-4,6-8,11,13,17H,2,5,9-10H2,1H3. The van der Waals surface area contributed by atoms with E-state index in [4.69, 9.17) is 0 Å². The number of nitrogens with zero attached hydrogens (tertiary/aromatic N) is 1. The van der Waals surface area contributed by atoms with Crippen molar-refractivity contribution < 1.29 is 5.11 Å². The molecule has 2 nitrogen and oxygen atoms in total. The van der Waals surface area contributed by atoms with Gasteiger partial charge in [-0.05, 0) is 37.0 Å². The summed E-state index contributed by atoms with van der Waals surface area (Å²) in [5.74, 6) is 0. The SMILES string of the molecule is CCCC(O)CCc1cccc2ncccc12. The third-order valence-corrected chi connectivity index (χ3v) is 3.10. The van der Waals surface area contributed by atoms with Gasteiger partial charge in [0.05, 0.1) is 11.6 Å². The first-order chi connectivity index (χ1) is 8.31. The number of aliphatic hydroxyl groups excluding tert-OH is 1. The zero-order valence-electron chi connectivity index (χ0n) is 10.3. The van der Waals surface area contributed by atoms with Gasteiger partial charge in [0.2, 0.25) is 0 Å². The number of aliphatic hydroxyl groups is 1. The normalized spacial score (nSPS) is 12.8. The Kier molecular flexibility index (Phi) is 4.10. The molecule has 90 valence electrons. The second-order valence-corrected chi connectivity index (χ2v) is 4.47. The Morgan fingerprint density at radius 2 is 2.06 bits per heavy atom. The molecular formula is C15H19NO. The van der Waals surface area contributed by atoms with Crippen molar-refractivity contribution in [3.8, 4) is 0 Å². The topological polar surface area (TPSA) is 33.1 Å². The maximum absolute atomic E-state index is 9.77. The van der Waals surface area contributed by atoms with Crippen LogP contribution in [0.3, 0.4) is 0 Å². The molecule has 1 heterocycles. The molecule has 0 aliphatic rings. The number of rotatable bonds is 5. The Morgan fingerprint density at radius 1 is 1.18 bits per heavy atom. The maximum Gasteiger partial charge on any atom is 0.0704 e. The Morgan fingerprint density at radius 3 is 2.88 bits per heavy atom. The number of hydrogen-bond acceptors (Lipinski definition) is 2. The van der Waals surface area contributed by atoms with Crippen LogP contribution in [-0.2, 0) is 6.42 Å². The summed E-state index contributed by atoms with van der Waals surface area (Å²) >= 11 is 0. The molecule has 17 heavy (non-hydrogen) atoms. The van der Waals surface area contributed by atoms with Crippen LogP contribution >= 0.6 is 0 Å². The fourth-order valence-corrected chi connectivity index (χ4v) is 2.18. The Bertz CT molecular complexity index is 476. The smallest absolute Gasteiger partial charge is 0.0704 e. The molecular weight excluding hydrogens is 210 g/mol. The van der Waals surface area contributed by atoms with E-state index in [1.54, 1.807) is 0 Å². The number of hydrogen-bond donors (Lipinski definition) is 1. The number of aryl methyl sites for hydroxylation is 1. The van der Waals surface area contributed by atoms with E-state index in [1.807, 2.05) is 24.4 Å². The average molecular weight is 229 g/mol. The Hall–Kier alpha value is -1.41. The minimum Gasteiger partial charge on any atom is -0.393 e. The number of benzene rings is 1. The van der Waals surface area contributed by atoms with Gasteiger partial charge in [0.25, 0.3) is 0 Å². The van der Waals surface area contributed by atoms with E-state index in [-0.39, 0.29) is 6.10 Å². The summed E-state index contributed by atoms with van der Waals surface area (Å²) in [6, 6.07) is 10.3. The van der Waals surface area contributed by atoms with E-state index in [0.29, 0.717) is 0 Å². The van der Waals surface area contributed by atoms with Crippen LogP contribution in [0.15, 0.2) is 36.5 Å². The largest absolute Gasteiger partial charge is 0.393 e. The first-order valence-electron chi connectivity index (χ1n) is 6.32. The molecule has 1 atom stereocenters. The molecule has 1 unspecified atom stereocenters. The van der Waals surface area contributed by atoms with Crippen LogP contribution in [0.4, 0.5) is 0 Å². The van der Waals surface area contributed by atoms with Gasteiger partial charge in [0, 0.05) is 11.6 Å². The molecule has 2 rings (SSSR count). The highest BCUT2D eigenvalue weighted by Gasteiger charge is 2.05. The van der Waals surface area contributed by atoms with Gasteiger partial charge < -0.3 is 5.11 Å². The van der Waals surface area contributed by atoms with Crippen molar-refractivity contribution in [1.82, 2.24) is 4.98 Å². The highest BCUT2D eigenvalue weighted by atomic mass is 16.3. The predicted octanol–water partition coefficient (Wildman–Crippen LogP) is 3.33. The molecule has 0 radical (unpaired) electrons. The lowest BCUT2D eigenvalue weighted by Crippen LogP contribution is -2.07. The van der Waals surface area contributed by atoms with Gasteiger partial charge in [0.15, 0.2) is 0 Å². The van der Waals surface area contributed by atoms with E-state index < -0.39 is 0 Å². The van der Waals surface area contributed by atoms with Crippen molar-refractivity contribution >= 4 is 10.9 Å². The van der Waals surface area contributed by atoms with Gasteiger partial charge in [-0.15, -0.1) is 0 Å². The van der Waals surface area contributed by atoms with Crippen LogP contribution in [0, 0.1) is 0 Å². The first-order valence-corrected chi connectivity index (χ1v) is 6.32. The predicted molar refractivity (Wildman–Crippen MR) is 71.0 cm³/mol. The zero-order chi connectivity index (χ0) is 12.1. The van der Waals surface area contributed by atoms with Crippen molar-refractivity contribution in [1.29, 1.82) is 0 Å². The van der Waals surface area contributed by atoms with Gasteiger partial charge in [0.1, 0.15) is 0 Å². The van der Waals surface area contributed by atoms with Crippen molar-refractivity contribution in [2.45, 2.75) is 38.7 Å². The van der Waals surface area contributed by atoms with Crippen LogP contribution in [0.5, 0.6) is 0 Å². The molecule has 0 saturated carbocycles. The lowest BCUT2D eigenvalue weighted by Gasteiger charge is -2.10. The molecule has 0 bridgehead atoms. The van der Waals surface area contributed by atoms with Crippen LogP contribution < -0.4 is 0 Å². The van der Waals surface area contributed by atoms with Crippen molar-refractivity contribution in [3.05, 3.63) is 42.1 Å². The van der Waals surface area contributed by atoms with Crippen molar-refractivity contribution in [2.75, 3.05) is 0 Å². The summed E-state index contributed by atoms with van der Waals surface area (Å²) < 4.78 is 0. The van der Waals surface area contributed by atoms with Crippen molar-refractivity contribution in [3.63, 3.8) is 0 Å². The average Bonchev–Trinajstić information content (AvgIpc) is 2.36. The number of pyridine rings is 1. The minimum atomic E-state index is -0.174. The fourth-order valence-electron chi connectivity index (χ4n) is 2.18. The quantitative estimate of drug-likeness (QED) is 0.853. The molecule has 1 aromatic heterocycles. The van der Waals surface area contributed by atoms with Gasteiger partial charge in [-0.2, -0.15) is 0 Å². The van der Waals surface area contributed by atoms with E-state index in [1.165, 1.54) is 10.9 Å². The van der Waals surface area contributed by atoms with Crippen molar-refractivity contribution in [2.24, 2.45) is 0 Å². The zero-order valence-corrected chi connectivity index (χ0v) is 10.3. The molecule has 0 amide bonds. The summed E-state index contributed by atoms with van der Waals surface area (Å²) in [4.78, 5) is 4.34. The molecule has 0 aliphatic heterocycles. The summed E-state index contributed by atoms with van der Waals surface area (Å²) in [6.45, 7) is 2.10. The molecule has 2 aromatic rings. The number of fused-ring (bicyclic) bond motifs is 1. The van der Waals surface area contributed by atoms with E-state index in [2.05, 4.69) is 24.0 Å². The molecule has 0 spiro atoms. The lowest BCUT2D eigenvalue weighted by molar-refractivity contribution is 0.154. The lowest BCUT2D eigenvalue weighted by atomic mass is 10.0. The highest BCUT2D eigenvalue weighted by Crippen LogP contribution is 2.18. The summed E-state index contributed by atoms with van der Waals surface area (Å²) in [5.41, 5.74) is 2.32. The third-order valence-electron chi connectivity index (χ3n) is 3.10. The third kappa shape index (κ3) is 3.04.